The topological polar surface area (TPSA) is 37.3 Å². The van der Waals surface area contributed by atoms with Crippen molar-refractivity contribution in [3.63, 3.8) is 0 Å². The van der Waals surface area contributed by atoms with Crippen LogP contribution in [0.4, 0.5) is 19.3 Å². The molecule has 1 atom stereocenters. The van der Waals surface area contributed by atoms with Crippen LogP contribution < -0.4 is 5.32 Å². The lowest BCUT2D eigenvalue weighted by atomic mass is 10.0. The van der Waals surface area contributed by atoms with E-state index < -0.39 is 11.9 Å². The Balaban J connectivity index is 1.61. The molecule has 2 amide bonds. The first kappa shape index (κ1) is 20.3. The van der Waals surface area contributed by atoms with Gasteiger partial charge in [-0.15, -0.1) is 0 Å². The van der Waals surface area contributed by atoms with E-state index in [9.17, 15) is 13.6 Å². The van der Waals surface area contributed by atoms with E-state index in [1.165, 1.54) is 30.3 Å². The number of rotatable bonds is 2. The standard InChI is InChI=1S/C25H18ClF2N3O/c26-20-14-19(11-12-21(20)28)29-25(32)31-15-17-4-1-2-5-22(17)30-13-3-6-23(30)24(31)16-7-9-18(27)10-8-16/h1-14,24H,15H2,(H,29,32)/t24-/m0/s1. The average molecular weight is 450 g/mol. The quantitative estimate of drug-likeness (QED) is 0.370. The van der Waals surface area contributed by atoms with Gasteiger partial charge in [0.05, 0.1) is 23.3 Å². The van der Waals surface area contributed by atoms with Crippen molar-refractivity contribution in [2.45, 2.75) is 12.6 Å². The van der Waals surface area contributed by atoms with Crippen LogP contribution in [0.3, 0.4) is 0 Å². The molecule has 1 N–H and O–H groups in total. The largest absolute Gasteiger partial charge is 0.322 e. The van der Waals surface area contributed by atoms with Gasteiger partial charge in [-0.05, 0) is 59.7 Å². The molecule has 1 aliphatic rings. The molecule has 4 aromatic rings. The van der Waals surface area contributed by atoms with Gasteiger partial charge in [-0.1, -0.05) is 41.9 Å². The van der Waals surface area contributed by atoms with Gasteiger partial charge in [0.15, 0.2) is 0 Å². The molecule has 0 radical (unpaired) electrons. The summed E-state index contributed by atoms with van der Waals surface area (Å²) in [5, 5.41) is 2.75. The van der Waals surface area contributed by atoms with Crippen molar-refractivity contribution in [1.29, 1.82) is 0 Å². The van der Waals surface area contributed by atoms with Crippen LogP contribution in [0.15, 0.2) is 85.1 Å². The second kappa shape index (κ2) is 8.13. The van der Waals surface area contributed by atoms with E-state index in [0.29, 0.717) is 12.2 Å². The molecule has 0 saturated heterocycles. The first-order chi connectivity index (χ1) is 15.5. The van der Waals surface area contributed by atoms with Gasteiger partial charge in [-0.2, -0.15) is 0 Å². The van der Waals surface area contributed by atoms with Gasteiger partial charge in [-0.25, -0.2) is 13.6 Å². The Morgan fingerprint density at radius 3 is 2.53 bits per heavy atom. The normalized spacial score (nSPS) is 15.0. The molecule has 160 valence electrons. The Labute approximate surface area is 188 Å². The van der Waals surface area contributed by atoms with Crippen LogP contribution in [-0.4, -0.2) is 15.5 Å². The maximum absolute atomic E-state index is 13.7. The fourth-order valence-electron chi connectivity index (χ4n) is 4.10. The number of aromatic nitrogens is 1. The lowest BCUT2D eigenvalue weighted by Crippen LogP contribution is -2.37. The minimum absolute atomic E-state index is 0.0760. The smallest absolute Gasteiger partial charge is 0.318 e. The van der Waals surface area contributed by atoms with Crippen LogP contribution >= 0.6 is 11.6 Å². The summed E-state index contributed by atoms with van der Waals surface area (Å²) >= 11 is 5.89. The highest BCUT2D eigenvalue weighted by molar-refractivity contribution is 6.31. The monoisotopic (exact) mass is 449 g/mol. The van der Waals surface area contributed by atoms with Gasteiger partial charge in [0.1, 0.15) is 11.6 Å². The van der Waals surface area contributed by atoms with Gasteiger partial charge in [0.25, 0.3) is 0 Å². The highest BCUT2D eigenvalue weighted by Gasteiger charge is 2.33. The molecule has 5 rings (SSSR count). The summed E-state index contributed by atoms with van der Waals surface area (Å²) in [6.45, 7) is 0.320. The number of benzene rings is 3. The van der Waals surface area contributed by atoms with Gasteiger partial charge < -0.3 is 14.8 Å². The van der Waals surface area contributed by atoms with Crippen molar-refractivity contribution in [2.75, 3.05) is 5.32 Å². The highest BCUT2D eigenvalue weighted by atomic mass is 35.5. The number of hydrogen-bond donors (Lipinski definition) is 1. The molecule has 1 aromatic heterocycles. The van der Waals surface area contributed by atoms with E-state index in [4.69, 9.17) is 11.6 Å². The molecule has 1 aliphatic heterocycles. The zero-order chi connectivity index (χ0) is 22.2. The van der Waals surface area contributed by atoms with Crippen molar-refractivity contribution in [1.82, 2.24) is 9.47 Å². The van der Waals surface area contributed by atoms with Crippen molar-refractivity contribution in [3.8, 4) is 5.69 Å². The summed E-state index contributed by atoms with van der Waals surface area (Å²) in [7, 11) is 0. The second-order valence-corrected chi connectivity index (χ2v) is 7.98. The van der Waals surface area contributed by atoms with E-state index in [0.717, 1.165) is 22.5 Å². The number of para-hydroxylation sites is 1. The van der Waals surface area contributed by atoms with Gasteiger partial charge >= 0.3 is 6.03 Å². The van der Waals surface area contributed by atoms with Crippen molar-refractivity contribution in [3.05, 3.63) is 119 Å². The SMILES string of the molecule is O=C(Nc1ccc(F)c(Cl)c1)N1Cc2ccccc2-n2cccc2[C@@H]1c1ccc(F)cc1. The lowest BCUT2D eigenvalue weighted by molar-refractivity contribution is 0.194. The minimum atomic E-state index is -0.560. The number of carbonyl (C=O) groups is 1. The van der Waals surface area contributed by atoms with E-state index >= 15 is 0 Å². The number of nitrogens with zero attached hydrogens (tertiary/aromatic N) is 2. The lowest BCUT2D eigenvalue weighted by Gasteiger charge is -2.31. The zero-order valence-corrected chi connectivity index (χ0v) is 17.6. The second-order valence-electron chi connectivity index (χ2n) is 7.57. The Kier molecular flexibility index (Phi) is 5.15. The molecule has 0 saturated carbocycles. The van der Waals surface area contributed by atoms with Crippen molar-refractivity contribution >= 4 is 23.3 Å². The fraction of sp³-hybridized carbons (Fsp3) is 0.0800. The number of amides is 2. The molecule has 3 aromatic carbocycles. The van der Waals surface area contributed by atoms with Gasteiger partial charge in [0.2, 0.25) is 0 Å². The Hall–Kier alpha value is -3.64. The summed E-state index contributed by atoms with van der Waals surface area (Å²) in [6.07, 6.45) is 1.95. The van der Waals surface area contributed by atoms with Crippen molar-refractivity contribution in [2.24, 2.45) is 0 Å². The fourth-order valence-corrected chi connectivity index (χ4v) is 4.28. The van der Waals surface area contributed by atoms with Crippen molar-refractivity contribution < 1.29 is 13.6 Å². The number of anilines is 1. The predicted octanol–water partition coefficient (Wildman–Crippen LogP) is 6.55. The van der Waals surface area contributed by atoms with Crippen LogP contribution in [0.5, 0.6) is 0 Å². The third-order valence-corrected chi connectivity index (χ3v) is 5.87. The molecular formula is C25H18ClF2N3O. The number of halogens is 3. The van der Waals surface area contributed by atoms with Gasteiger partial charge in [-0.3, -0.25) is 0 Å². The first-order valence-corrected chi connectivity index (χ1v) is 10.4. The highest BCUT2D eigenvalue weighted by Crippen LogP contribution is 2.37. The summed E-state index contributed by atoms with van der Waals surface area (Å²) < 4.78 is 29.3. The Morgan fingerprint density at radius 2 is 1.75 bits per heavy atom. The number of nitrogens with one attached hydrogen (secondary N) is 1. The molecule has 2 heterocycles. The summed E-state index contributed by atoms with van der Waals surface area (Å²) in [4.78, 5) is 15.2. The molecule has 0 unspecified atom stereocenters. The van der Waals surface area contributed by atoms with Crippen LogP contribution in [0.2, 0.25) is 5.02 Å². The summed E-state index contributed by atoms with van der Waals surface area (Å²) in [5.41, 5.74) is 3.95. The molecular weight excluding hydrogens is 432 g/mol. The zero-order valence-electron chi connectivity index (χ0n) is 16.8. The number of carbonyl (C=O) groups excluding carboxylic acids is 1. The van der Waals surface area contributed by atoms with E-state index in [1.807, 2.05) is 47.2 Å². The van der Waals surface area contributed by atoms with Crippen LogP contribution in [0.1, 0.15) is 22.9 Å². The summed E-state index contributed by atoms with van der Waals surface area (Å²) in [6, 6.07) is 21.0. The van der Waals surface area contributed by atoms with E-state index in [-0.39, 0.29) is 16.9 Å². The first-order valence-electron chi connectivity index (χ1n) is 10.0. The van der Waals surface area contributed by atoms with Crippen LogP contribution in [-0.2, 0) is 6.54 Å². The Bertz CT molecular complexity index is 1300. The third kappa shape index (κ3) is 3.63. The number of hydrogen-bond acceptors (Lipinski definition) is 1. The molecule has 0 aliphatic carbocycles. The van der Waals surface area contributed by atoms with E-state index in [2.05, 4.69) is 5.32 Å². The summed E-state index contributed by atoms with van der Waals surface area (Å²) in [5.74, 6) is -0.909. The maximum atomic E-state index is 13.7. The number of urea groups is 1. The molecule has 0 fully saturated rings. The third-order valence-electron chi connectivity index (χ3n) is 5.58. The molecule has 0 bridgehead atoms. The maximum Gasteiger partial charge on any atom is 0.322 e. The predicted molar refractivity (Wildman–Crippen MR) is 120 cm³/mol. The Morgan fingerprint density at radius 1 is 0.969 bits per heavy atom. The van der Waals surface area contributed by atoms with E-state index in [1.54, 1.807) is 17.0 Å². The molecule has 32 heavy (non-hydrogen) atoms. The van der Waals surface area contributed by atoms with Gasteiger partial charge in [0, 0.05) is 17.6 Å². The van der Waals surface area contributed by atoms with Crippen LogP contribution in [0, 0.1) is 11.6 Å². The minimum Gasteiger partial charge on any atom is -0.318 e. The molecule has 0 spiro atoms. The average Bonchev–Trinajstić information content (AvgIpc) is 3.21. The number of fused-ring (bicyclic) bond motifs is 3. The molecule has 7 heteroatoms. The van der Waals surface area contributed by atoms with Crippen LogP contribution in [0.25, 0.3) is 5.69 Å². The molecule has 4 nitrogen and oxygen atoms in total.